The molecular weight excluding hydrogens is 308 g/mol. The molecule has 0 spiro atoms. The lowest BCUT2D eigenvalue weighted by Crippen LogP contribution is -2.51. The molecule has 0 saturated carbocycles. The lowest BCUT2D eigenvalue weighted by Gasteiger charge is -2.30. The molecule has 0 radical (unpaired) electrons. The summed E-state index contributed by atoms with van der Waals surface area (Å²) in [5.41, 5.74) is 0.449. The van der Waals surface area contributed by atoms with Crippen molar-refractivity contribution in [2.24, 2.45) is 16.1 Å². The highest BCUT2D eigenvalue weighted by atomic mass is 35.5. The highest BCUT2D eigenvalue weighted by Gasteiger charge is 2.34. The number of nitrogens with one attached hydrogen (secondary N) is 1. The van der Waals surface area contributed by atoms with E-state index in [1.807, 2.05) is 20.9 Å². The number of nitrogens with zero attached hydrogens (tertiary/aromatic N) is 3. The standard InChI is InChI=1S/C14H17ClN4OS/c1-8(2)11(12-17-18-14(21)19(12)3)16-13(20)9-6-4-5-7-10(9)15/h4-8,11-12H,1-3H3,(H,16,20). The van der Waals surface area contributed by atoms with Gasteiger partial charge in [0.1, 0.15) is 0 Å². The number of amides is 1. The van der Waals surface area contributed by atoms with Crippen LogP contribution in [0.4, 0.5) is 0 Å². The molecule has 1 aliphatic heterocycles. The van der Waals surface area contributed by atoms with E-state index in [9.17, 15) is 4.79 Å². The molecule has 0 fully saturated rings. The molecule has 2 unspecified atom stereocenters. The molecule has 112 valence electrons. The number of thiocarbonyl (C=S) groups is 1. The number of hydrogen-bond acceptors (Lipinski definition) is 3. The van der Waals surface area contributed by atoms with Gasteiger partial charge in [0, 0.05) is 7.05 Å². The van der Waals surface area contributed by atoms with Crippen LogP contribution >= 0.6 is 23.8 Å². The second kappa shape index (κ2) is 6.49. The fourth-order valence-corrected chi connectivity index (χ4v) is 2.52. The van der Waals surface area contributed by atoms with Crippen LogP contribution in [0.5, 0.6) is 0 Å². The third-order valence-electron chi connectivity index (χ3n) is 3.42. The van der Waals surface area contributed by atoms with Gasteiger partial charge in [-0.2, -0.15) is 5.11 Å². The Labute approximate surface area is 134 Å². The van der Waals surface area contributed by atoms with Gasteiger partial charge in [0.25, 0.3) is 5.91 Å². The van der Waals surface area contributed by atoms with Crippen LogP contribution in [0.1, 0.15) is 24.2 Å². The van der Waals surface area contributed by atoms with Crippen LogP contribution in [0.3, 0.4) is 0 Å². The van der Waals surface area contributed by atoms with Gasteiger partial charge in [-0.15, -0.1) is 5.11 Å². The van der Waals surface area contributed by atoms with Crippen LogP contribution < -0.4 is 5.32 Å². The Bertz CT molecular complexity index is 590. The largest absolute Gasteiger partial charge is 0.345 e. The fourth-order valence-electron chi connectivity index (χ4n) is 2.14. The van der Waals surface area contributed by atoms with Crippen LogP contribution in [0.15, 0.2) is 34.5 Å². The zero-order chi connectivity index (χ0) is 15.6. The maximum atomic E-state index is 12.4. The number of halogens is 1. The molecule has 0 aromatic heterocycles. The van der Waals surface area contributed by atoms with Crippen molar-refractivity contribution in [3.05, 3.63) is 34.9 Å². The van der Waals surface area contributed by atoms with Crippen molar-refractivity contribution >= 4 is 34.8 Å². The Morgan fingerprint density at radius 3 is 2.62 bits per heavy atom. The van der Waals surface area contributed by atoms with E-state index < -0.39 is 0 Å². The second-order valence-electron chi connectivity index (χ2n) is 5.25. The lowest BCUT2D eigenvalue weighted by molar-refractivity contribution is 0.0901. The number of azo groups is 1. The first-order chi connectivity index (χ1) is 9.91. The molecule has 21 heavy (non-hydrogen) atoms. The average molecular weight is 325 g/mol. The predicted octanol–water partition coefficient (Wildman–Crippen LogP) is 3.10. The summed E-state index contributed by atoms with van der Waals surface area (Å²) in [6.07, 6.45) is -0.288. The van der Waals surface area contributed by atoms with Crippen LogP contribution in [0, 0.1) is 5.92 Å². The van der Waals surface area contributed by atoms with Crippen LogP contribution in [-0.2, 0) is 0 Å². The second-order valence-corrected chi connectivity index (χ2v) is 6.02. The Morgan fingerprint density at radius 1 is 1.43 bits per heavy atom. The minimum Gasteiger partial charge on any atom is -0.345 e. The minimum absolute atomic E-state index is 0.170. The summed E-state index contributed by atoms with van der Waals surface area (Å²) >= 11 is 11.1. The monoisotopic (exact) mass is 324 g/mol. The Hall–Kier alpha value is -1.53. The Morgan fingerprint density at radius 2 is 2.10 bits per heavy atom. The van der Waals surface area contributed by atoms with Crippen molar-refractivity contribution in [2.75, 3.05) is 7.05 Å². The summed E-state index contributed by atoms with van der Waals surface area (Å²) < 4.78 is 0. The van der Waals surface area contributed by atoms with Gasteiger partial charge in [-0.1, -0.05) is 37.6 Å². The van der Waals surface area contributed by atoms with E-state index in [4.69, 9.17) is 23.8 Å². The molecule has 1 N–H and O–H groups in total. The predicted molar refractivity (Wildman–Crippen MR) is 86.5 cm³/mol. The third kappa shape index (κ3) is 3.39. The van der Waals surface area contributed by atoms with Crippen LogP contribution in [0.2, 0.25) is 5.02 Å². The molecule has 2 rings (SSSR count). The summed E-state index contributed by atoms with van der Waals surface area (Å²) in [5, 5.41) is 11.9. The molecule has 7 heteroatoms. The maximum Gasteiger partial charge on any atom is 0.253 e. The fraction of sp³-hybridized carbons (Fsp3) is 0.429. The van der Waals surface area contributed by atoms with Crippen molar-refractivity contribution in [2.45, 2.75) is 26.1 Å². The molecule has 2 atom stereocenters. The van der Waals surface area contributed by atoms with Crippen molar-refractivity contribution in [1.82, 2.24) is 10.2 Å². The first-order valence-electron chi connectivity index (χ1n) is 6.65. The van der Waals surface area contributed by atoms with Crippen molar-refractivity contribution in [1.29, 1.82) is 0 Å². The lowest BCUT2D eigenvalue weighted by atomic mass is 10.0. The summed E-state index contributed by atoms with van der Waals surface area (Å²) in [6.45, 7) is 4.03. The number of benzene rings is 1. The Kier molecular flexibility index (Phi) is 4.90. The summed E-state index contributed by atoms with van der Waals surface area (Å²) in [6, 6.07) is 6.75. The zero-order valence-electron chi connectivity index (χ0n) is 12.1. The summed E-state index contributed by atoms with van der Waals surface area (Å²) in [4.78, 5) is 14.2. The maximum absolute atomic E-state index is 12.4. The number of rotatable bonds is 4. The van der Waals surface area contributed by atoms with E-state index in [2.05, 4.69) is 15.5 Å². The number of hydrogen-bond donors (Lipinski definition) is 1. The van der Waals surface area contributed by atoms with E-state index in [0.29, 0.717) is 15.7 Å². The molecule has 1 heterocycles. The first-order valence-corrected chi connectivity index (χ1v) is 7.43. The average Bonchev–Trinajstić information content (AvgIpc) is 2.76. The molecular formula is C14H17ClN4OS. The molecule has 1 aromatic rings. The first kappa shape index (κ1) is 15.9. The van der Waals surface area contributed by atoms with Crippen LogP contribution in [-0.4, -0.2) is 35.2 Å². The highest BCUT2D eigenvalue weighted by Crippen LogP contribution is 2.21. The molecule has 5 nitrogen and oxygen atoms in total. The molecule has 0 aliphatic carbocycles. The van der Waals surface area contributed by atoms with Gasteiger partial charge in [-0.25, -0.2) is 0 Å². The van der Waals surface area contributed by atoms with Gasteiger partial charge in [0.05, 0.1) is 16.6 Å². The SMILES string of the molecule is CC(C)C(NC(=O)c1ccccc1Cl)C1N=NC(=S)N1C. The summed E-state index contributed by atoms with van der Waals surface area (Å²) in [7, 11) is 1.82. The van der Waals surface area contributed by atoms with Gasteiger partial charge in [-0.3, -0.25) is 4.79 Å². The van der Waals surface area contributed by atoms with Crippen molar-refractivity contribution < 1.29 is 4.79 Å². The smallest absolute Gasteiger partial charge is 0.253 e. The van der Waals surface area contributed by atoms with E-state index in [0.717, 1.165) is 0 Å². The topological polar surface area (TPSA) is 57.1 Å². The molecule has 1 aliphatic rings. The highest BCUT2D eigenvalue weighted by molar-refractivity contribution is 7.80. The normalized spacial score (nSPS) is 19.2. The van der Waals surface area contributed by atoms with Gasteiger partial charge < -0.3 is 10.2 Å². The van der Waals surface area contributed by atoms with Gasteiger partial charge in [0.2, 0.25) is 5.11 Å². The van der Waals surface area contributed by atoms with E-state index >= 15 is 0 Å². The van der Waals surface area contributed by atoms with Gasteiger partial charge in [-0.05, 0) is 30.3 Å². The van der Waals surface area contributed by atoms with Crippen LogP contribution in [0.25, 0.3) is 0 Å². The van der Waals surface area contributed by atoms with E-state index in [-0.39, 0.29) is 24.0 Å². The molecule has 1 aromatic carbocycles. The van der Waals surface area contributed by atoms with Gasteiger partial charge >= 0.3 is 0 Å². The minimum atomic E-state index is -0.288. The number of likely N-dealkylation sites (N-methyl/N-ethyl adjacent to an activating group) is 1. The molecule has 0 bridgehead atoms. The van der Waals surface area contributed by atoms with Crippen molar-refractivity contribution in [3.8, 4) is 0 Å². The Balaban J connectivity index is 2.18. The molecule has 1 amide bonds. The summed E-state index contributed by atoms with van der Waals surface area (Å²) in [5.74, 6) is -0.0514. The van der Waals surface area contributed by atoms with E-state index in [1.165, 1.54) is 0 Å². The van der Waals surface area contributed by atoms with E-state index in [1.54, 1.807) is 29.2 Å². The van der Waals surface area contributed by atoms with Crippen molar-refractivity contribution in [3.63, 3.8) is 0 Å². The van der Waals surface area contributed by atoms with Gasteiger partial charge in [0.15, 0.2) is 6.17 Å². The number of carbonyl (C=O) groups is 1. The third-order valence-corrected chi connectivity index (χ3v) is 4.12. The quantitative estimate of drug-likeness (QED) is 0.866. The number of carbonyl (C=O) groups excluding carboxylic acids is 1. The zero-order valence-corrected chi connectivity index (χ0v) is 13.6. The molecule has 0 saturated heterocycles.